The lowest BCUT2D eigenvalue weighted by molar-refractivity contribution is 0.417. The number of ether oxygens (including phenoxy) is 2. The number of hydrogen-bond donors (Lipinski definition) is 1. The minimum absolute atomic E-state index is 0.118. The summed E-state index contributed by atoms with van der Waals surface area (Å²) in [5.74, 6) is 1.28. The van der Waals surface area contributed by atoms with Crippen molar-refractivity contribution in [3.05, 3.63) is 72.8 Å². The lowest BCUT2D eigenvalue weighted by atomic mass is 10.3. The van der Waals surface area contributed by atoms with Crippen LogP contribution < -0.4 is 25.4 Å². The summed E-state index contributed by atoms with van der Waals surface area (Å²) >= 11 is 0. The molecular weight excluding hydrogens is 383 g/mol. The number of hydrogen-bond acceptors (Lipinski definition) is 4. The fraction of sp³-hybridized carbons (Fsp3) is 0.100. The first-order valence-corrected chi connectivity index (χ1v) is 10.9. The fourth-order valence-corrected chi connectivity index (χ4v) is 6.63. The Morgan fingerprint density at radius 1 is 0.704 bits per heavy atom. The largest absolute Gasteiger partial charge is 0.496 e. The molecule has 0 bridgehead atoms. The van der Waals surface area contributed by atoms with Crippen molar-refractivity contribution in [2.45, 2.75) is 4.90 Å². The number of methoxy groups -OCH3 is 2. The van der Waals surface area contributed by atoms with Gasteiger partial charge in [-0.2, -0.15) is 8.42 Å². The Labute approximate surface area is 160 Å². The second-order valence-corrected chi connectivity index (χ2v) is 9.13. The Morgan fingerprint density at radius 2 is 1.11 bits per heavy atom. The first-order chi connectivity index (χ1) is 13.0. The normalized spacial score (nSPS) is 11.4. The molecule has 0 saturated carbocycles. The molecule has 7 heteroatoms. The Kier molecular flexibility index (Phi) is 5.80. The first-order valence-electron chi connectivity index (χ1n) is 8.10. The summed E-state index contributed by atoms with van der Waals surface area (Å²) < 4.78 is 44.9. The van der Waals surface area contributed by atoms with Crippen LogP contribution in [0.5, 0.6) is 11.5 Å². The van der Waals surface area contributed by atoms with E-state index in [2.05, 4.69) is 0 Å². The second-order valence-electron chi connectivity index (χ2n) is 5.62. The van der Waals surface area contributed by atoms with Crippen LogP contribution in [0.4, 0.5) is 0 Å². The van der Waals surface area contributed by atoms with Crippen LogP contribution in [-0.4, -0.2) is 27.2 Å². The van der Waals surface area contributed by atoms with E-state index in [1.165, 1.54) is 6.07 Å². The second kappa shape index (κ2) is 8.09. The third-order valence-electron chi connectivity index (χ3n) is 4.04. The lowest BCUT2D eigenvalue weighted by Gasteiger charge is -2.24. The molecule has 1 N–H and O–H groups in total. The molecule has 3 rings (SSSR count). The SMILES string of the molecule is COc1ccccc1P(c1ccccc1OC)c1ccccc1S(=O)(=O)O. The first kappa shape index (κ1) is 19.4. The topological polar surface area (TPSA) is 72.8 Å². The monoisotopic (exact) mass is 402 g/mol. The lowest BCUT2D eigenvalue weighted by Crippen LogP contribution is -2.26. The molecule has 0 aliphatic rings. The third kappa shape index (κ3) is 3.98. The van der Waals surface area contributed by atoms with Crippen LogP contribution in [0.1, 0.15) is 0 Å². The van der Waals surface area contributed by atoms with Crippen molar-refractivity contribution < 1.29 is 22.4 Å². The molecule has 140 valence electrons. The van der Waals surface area contributed by atoms with E-state index in [4.69, 9.17) is 9.47 Å². The number of para-hydroxylation sites is 2. The van der Waals surface area contributed by atoms with Gasteiger partial charge in [0.05, 0.1) is 14.2 Å². The van der Waals surface area contributed by atoms with Crippen molar-refractivity contribution in [1.29, 1.82) is 0 Å². The van der Waals surface area contributed by atoms with Crippen molar-refractivity contribution in [3.8, 4) is 11.5 Å². The highest BCUT2D eigenvalue weighted by Gasteiger charge is 2.28. The Morgan fingerprint density at radius 3 is 1.56 bits per heavy atom. The zero-order chi connectivity index (χ0) is 19.4. The smallest absolute Gasteiger partial charge is 0.295 e. The number of benzene rings is 3. The van der Waals surface area contributed by atoms with E-state index >= 15 is 0 Å². The van der Waals surface area contributed by atoms with Gasteiger partial charge in [0.15, 0.2) is 0 Å². The van der Waals surface area contributed by atoms with Crippen LogP contribution in [0.25, 0.3) is 0 Å². The highest BCUT2D eigenvalue weighted by Crippen LogP contribution is 2.41. The molecule has 3 aromatic carbocycles. The Bertz CT molecular complexity index is 1000. The van der Waals surface area contributed by atoms with Gasteiger partial charge in [0.2, 0.25) is 0 Å². The van der Waals surface area contributed by atoms with Gasteiger partial charge in [-0.25, -0.2) is 0 Å². The van der Waals surface area contributed by atoms with Crippen molar-refractivity contribution in [1.82, 2.24) is 0 Å². The van der Waals surface area contributed by atoms with Gasteiger partial charge in [0, 0.05) is 15.9 Å². The molecule has 0 spiro atoms. The van der Waals surface area contributed by atoms with E-state index in [1.54, 1.807) is 32.4 Å². The summed E-state index contributed by atoms with van der Waals surface area (Å²) in [5.41, 5.74) is 0. The van der Waals surface area contributed by atoms with Gasteiger partial charge in [-0.15, -0.1) is 0 Å². The zero-order valence-electron chi connectivity index (χ0n) is 14.9. The van der Waals surface area contributed by atoms with E-state index in [0.717, 1.165) is 10.6 Å². The van der Waals surface area contributed by atoms with Gasteiger partial charge in [-0.3, -0.25) is 4.55 Å². The molecule has 0 aliphatic heterocycles. The van der Waals surface area contributed by atoms with Crippen molar-refractivity contribution in [2.24, 2.45) is 0 Å². The van der Waals surface area contributed by atoms with Crippen molar-refractivity contribution in [2.75, 3.05) is 14.2 Å². The Hall–Kier alpha value is -2.40. The molecular formula is C20H19O5PS. The predicted molar refractivity (Wildman–Crippen MR) is 108 cm³/mol. The molecule has 27 heavy (non-hydrogen) atoms. The molecule has 0 aromatic heterocycles. The van der Waals surface area contributed by atoms with E-state index in [0.29, 0.717) is 16.8 Å². The van der Waals surface area contributed by atoms with Crippen LogP contribution in [-0.2, 0) is 10.1 Å². The molecule has 0 heterocycles. The Balaban J connectivity index is 2.37. The van der Waals surface area contributed by atoms with E-state index in [1.807, 2.05) is 48.5 Å². The van der Waals surface area contributed by atoms with Crippen LogP contribution in [0, 0.1) is 0 Å². The molecule has 0 radical (unpaired) electrons. The average molecular weight is 402 g/mol. The summed E-state index contributed by atoms with van der Waals surface area (Å²) in [5, 5.41) is 2.16. The van der Waals surface area contributed by atoms with Gasteiger partial charge in [0.25, 0.3) is 10.1 Å². The minimum Gasteiger partial charge on any atom is -0.496 e. The highest BCUT2D eigenvalue weighted by molar-refractivity contribution is 7.88. The predicted octanol–water partition coefficient (Wildman–Crippen LogP) is 2.71. The average Bonchev–Trinajstić information content (AvgIpc) is 2.68. The quantitative estimate of drug-likeness (QED) is 0.507. The van der Waals surface area contributed by atoms with Crippen molar-refractivity contribution >= 4 is 34.0 Å². The molecule has 0 aliphatic carbocycles. The maximum absolute atomic E-state index is 12.0. The fourth-order valence-electron chi connectivity index (χ4n) is 2.88. The molecule has 0 fully saturated rings. The summed E-state index contributed by atoms with van der Waals surface area (Å²) in [4.78, 5) is -0.118. The molecule has 0 atom stereocenters. The summed E-state index contributed by atoms with van der Waals surface area (Å²) in [7, 11) is -2.63. The van der Waals surface area contributed by atoms with E-state index < -0.39 is 18.0 Å². The minimum atomic E-state index is -4.40. The summed E-state index contributed by atoms with van der Waals surface area (Å²) in [6, 6.07) is 21.4. The maximum Gasteiger partial charge on any atom is 0.295 e. The van der Waals surface area contributed by atoms with Gasteiger partial charge in [-0.1, -0.05) is 54.6 Å². The number of rotatable bonds is 6. The van der Waals surface area contributed by atoms with E-state index in [-0.39, 0.29) is 4.90 Å². The van der Waals surface area contributed by atoms with Gasteiger partial charge in [0.1, 0.15) is 16.4 Å². The molecule has 3 aromatic rings. The molecule has 5 nitrogen and oxygen atoms in total. The molecule has 0 saturated heterocycles. The highest BCUT2D eigenvalue weighted by atomic mass is 32.2. The molecule has 0 unspecified atom stereocenters. The maximum atomic E-state index is 12.0. The standard InChI is InChI=1S/C20H19O5PS/c1-24-15-9-3-5-11-17(15)26(18-12-6-4-10-16(18)25-2)19-13-7-8-14-20(19)27(21,22)23/h3-14H,1-2H3,(H,21,22,23). The van der Waals surface area contributed by atoms with Gasteiger partial charge in [-0.05, 0) is 26.1 Å². The van der Waals surface area contributed by atoms with Crippen LogP contribution in [0.3, 0.4) is 0 Å². The molecule has 0 amide bonds. The summed E-state index contributed by atoms with van der Waals surface area (Å²) in [6.07, 6.45) is 0. The third-order valence-corrected chi connectivity index (χ3v) is 7.67. The summed E-state index contributed by atoms with van der Waals surface area (Å²) in [6.45, 7) is 0. The van der Waals surface area contributed by atoms with Crippen LogP contribution in [0.15, 0.2) is 77.7 Å². The van der Waals surface area contributed by atoms with Gasteiger partial charge >= 0.3 is 0 Å². The van der Waals surface area contributed by atoms with Crippen molar-refractivity contribution in [3.63, 3.8) is 0 Å². The van der Waals surface area contributed by atoms with Gasteiger partial charge < -0.3 is 9.47 Å². The van der Waals surface area contributed by atoms with E-state index in [9.17, 15) is 13.0 Å². The van der Waals surface area contributed by atoms with Crippen LogP contribution in [0.2, 0.25) is 0 Å². The van der Waals surface area contributed by atoms with Crippen LogP contribution >= 0.6 is 7.92 Å². The zero-order valence-corrected chi connectivity index (χ0v) is 16.6.